The van der Waals surface area contributed by atoms with Crippen LogP contribution in [-0.2, 0) is 19.1 Å². The molecule has 0 aromatic heterocycles. The van der Waals surface area contributed by atoms with Gasteiger partial charge in [0.1, 0.15) is 6.10 Å². The molecule has 6 heteroatoms. The molecule has 0 spiro atoms. The summed E-state index contributed by atoms with van der Waals surface area (Å²) >= 11 is 0. The standard InChI is InChI=1S/C18H26N2O4/c1-12(2)23-17(21)10-15(13-6-4-3-5-7-13)20-18(22)16-9-8-14(11-19)24-16/h3-7,12,14-16H,8-11,19H2,1-2H3,(H,20,22)/t14-,15?,16+/m1/s1. The first kappa shape index (κ1) is 18.4. The number of benzene rings is 1. The van der Waals surface area contributed by atoms with Crippen LogP contribution in [-0.4, -0.2) is 36.7 Å². The maximum Gasteiger partial charge on any atom is 0.308 e. The fourth-order valence-corrected chi connectivity index (χ4v) is 2.75. The molecular formula is C18H26N2O4. The minimum absolute atomic E-state index is 0.0677. The van der Waals surface area contributed by atoms with Crippen LogP contribution in [0.2, 0.25) is 0 Å². The summed E-state index contributed by atoms with van der Waals surface area (Å²) < 4.78 is 10.8. The monoisotopic (exact) mass is 334 g/mol. The molecule has 1 aromatic rings. The fourth-order valence-electron chi connectivity index (χ4n) is 2.75. The van der Waals surface area contributed by atoms with Crippen molar-refractivity contribution in [2.45, 2.75) is 57.5 Å². The molecule has 1 aliphatic rings. The highest BCUT2D eigenvalue weighted by Gasteiger charge is 2.31. The lowest BCUT2D eigenvalue weighted by Crippen LogP contribution is -2.38. The quantitative estimate of drug-likeness (QED) is 0.741. The van der Waals surface area contributed by atoms with E-state index in [0.29, 0.717) is 13.0 Å². The Balaban J connectivity index is 2.03. The van der Waals surface area contributed by atoms with E-state index in [1.165, 1.54) is 0 Å². The maximum absolute atomic E-state index is 12.5. The first-order chi connectivity index (χ1) is 11.5. The van der Waals surface area contributed by atoms with E-state index in [9.17, 15) is 9.59 Å². The van der Waals surface area contributed by atoms with Crippen molar-refractivity contribution in [1.29, 1.82) is 0 Å². The zero-order valence-electron chi connectivity index (χ0n) is 14.2. The Bertz CT molecular complexity index is 547. The molecule has 1 aliphatic heterocycles. The molecule has 1 unspecified atom stereocenters. The average Bonchev–Trinajstić information content (AvgIpc) is 3.03. The molecule has 0 radical (unpaired) electrons. The van der Waals surface area contributed by atoms with Gasteiger partial charge in [-0.1, -0.05) is 30.3 Å². The van der Waals surface area contributed by atoms with Gasteiger partial charge in [-0.25, -0.2) is 0 Å². The summed E-state index contributed by atoms with van der Waals surface area (Å²) in [5, 5.41) is 2.92. The van der Waals surface area contributed by atoms with Gasteiger partial charge in [0.2, 0.25) is 5.91 Å². The Morgan fingerprint density at radius 2 is 2.00 bits per heavy atom. The van der Waals surface area contributed by atoms with Gasteiger partial charge in [-0.2, -0.15) is 0 Å². The predicted molar refractivity (Wildman–Crippen MR) is 90.1 cm³/mol. The van der Waals surface area contributed by atoms with Crippen LogP contribution in [0, 0.1) is 0 Å². The molecule has 1 saturated heterocycles. The van der Waals surface area contributed by atoms with Gasteiger partial charge in [0, 0.05) is 6.54 Å². The van der Waals surface area contributed by atoms with E-state index in [2.05, 4.69) is 5.32 Å². The van der Waals surface area contributed by atoms with Crippen molar-refractivity contribution in [3.05, 3.63) is 35.9 Å². The Labute approximate surface area is 142 Å². The van der Waals surface area contributed by atoms with Crippen LogP contribution in [0.5, 0.6) is 0 Å². The van der Waals surface area contributed by atoms with Gasteiger partial charge >= 0.3 is 5.97 Å². The average molecular weight is 334 g/mol. The third-order valence-corrected chi connectivity index (χ3v) is 3.92. The van der Waals surface area contributed by atoms with Crippen molar-refractivity contribution in [3.8, 4) is 0 Å². The number of nitrogens with two attached hydrogens (primary N) is 1. The molecule has 2 rings (SSSR count). The number of rotatable bonds is 7. The zero-order valence-corrected chi connectivity index (χ0v) is 14.2. The fraction of sp³-hybridized carbons (Fsp3) is 0.556. The molecule has 24 heavy (non-hydrogen) atoms. The minimum atomic E-state index is -0.508. The lowest BCUT2D eigenvalue weighted by molar-refractivity contribution is -0.148. The van der Waals surface area contributed by atoms with E-state index < -0.39 is 12.1 Å². The summed E-state index contributed by atoms with van der Waals surface area (Å²) in [5.74, 6) is -0.552. The van der Waals surface area contributed by atoms with Gasteiger partial charge in [-0.05, 0) is 32.3 Å². The van der Waals surface area contributed by atoms with Gasteiger partial charge in [-0.3, -0.25) is 9.59 Å². The number of carbonyl (C=O) groups is 2. The maximum atomic E-state index is 12.5. The van der Waals surface area contributed by atoms with Crippen molar-refractivity contribution in [2.75, 3.05) is 6.54 Å². The first-order valence-electron chi connectivity index (χ1n) is 8.40. The molecule has 6 nitrogen and oxygen atoms in total. The zero-order chi connectivity index (χ0) is 17.5. The highest BCUT2D eigenvalue weighted by molar-refractivity contribution is 5.82. The topological polar surface area (TPSA) is 90.7 Å². The lowest BCUT2D eigenvalue weighted by atomic mass is 10.0. The van der Waals surface area contributed by atoms with Gasteiger partial charge in [0.25, 0.3) is 0 Å². The number of hydrogen-bond donors (Lipinski definition) is 2. The highest BCUT2D eigenvalue weighted by Crippen LogP contribution is 2.22. The second kappa shape index (κ2) is 8.80. The SMILES string of the molecule is CC(C)OC(=O)CC(NC(=O)[C@@H]1CC[C@H](CN)O1)c1ccccc1. The lowest BCUT2D eigenvalue weighted by Gasteiger charge is -2.21. The molecule has 1 amide bonds. The summed E-state index contributed by atoms with van der Waals surface area (Å²) in [6, 6.07) is 8.96. The number of esters is 1. The summed E-state index contributed by atoms with van der Waals surface area (Å²) in [4.78, 5) is 24.5. The van der Waals surface area contributed by atoms with E-state index in [1.807, 2.05) is 30.3 Å². The Hall–Kier alpha value is -1.92. The largest absolute Gasteiger partial charge is 0.463 e. The molecule has 0 saturated carbocycles. The third-order valence-electron chi connectivity index (χ3n) is 3.92. The molecule has 0 bridgehead atoms. The van der Waals surface area contributed by atoms with Crippen molar-refractivity contribution in [3.63, 3.8) is 0 Å². The third kappa shape index (κ3) is 5.32. The van der Waals surface area contributed by atoms with Crippen LogP contribution in [0.25, 0.3) is 0 Å². The Kier molecular flexibility index (Phi) is 6.75. The summed E-state index contributed by atoms with van der Waals surface area (Å²) in [6.07, 6.45) is 0.743. The summed E-state index contributed by atoms with van der Waals surface area (Å²) in [6.45, 7) is 4.01. The molecule has 1 heterocycles. The number of carbonyl (C=O) groups excluding carboxylic acids is 2. The molecule has 1 aromatic carbocycles. The minimum Gasteiger partial charge on any atom is -0.463 e. The molecule has 3 N–H and O–H groups in total. The van der Waals surface area contributed by atoms with Crippen LogP contribution in [0.3, 0.4) is 0 Å². The van der Waals surface area contributed by atoms with E-state index in [1.54, 1.807) is 13.8 Å². The van der Waals surface area contributed by atoms with Crippen molar-refractivity contribution in [1.82, 2.24) is 5.32 Å². The Morgan fingerprint density at radius 1 is 1.29 bits per heavy atom. The smallest absolute Gasteiger partial charge is 0.308 e. The van der Waals surface area contributed by atoms with E-state index in [-0.39, 0.29) is 30.5 Å². The van der Waals surface area contributed by atoms with E-state index in [0.717, 1.165) is 12.0 Å². The summed E-state index contributed by atoms with van der Waals surface area (Å²) in [5.41, 5.74) is 6.44. The van der Waals surface area contributed by atoms with Crippen LogP contribution in [0.4, 0.5) is 0 Å². The van der Waals surface area contributed by atoms with Gasteiger partial charge in [-0.15, -0.1) is 0 Å². The van der Waals surface area contributed by atoms with E-state index >= 15 is 0 Å². The summed E-state index contributed by atoms with van der Waals surface area (Å²) in [7, 11) is 0. The van der Waals surface area contributed by atoms with Gasteiger partial charge in [0.05, 0.1) is 24.7 Å². The van der Waals surface area contributed by atoms with Crippen molar-refractivity contribution in [2.24, 2.45) is 5.73 Å². The number of nitrogens with one attached hydrogen (secondary N) is 1. The second-order valence-electron chi connectivity index (χ2n) is 6.27. The second-order valence-corrected chi connectivity index (χ2v) is 6.27. The van der Waals surface area contributed by atoms with Gasteiger partial charge < -0.3 is 20.5 Å². The number of hydrogen-bond acceptors (Lipinski definition) is 5. The number of amides is 1. The first-order valence-corrected chi connectivity index (χ1v) is 8.40. The van der Waals surface area contributed by atoms with E-state index in [4.69, 9.17) is 15.2 Å². The van der Waals surface area contributed by atoms with Crippen molar-refractivity contribution < 1.29 is 19.1 Å². The number of ether oxygens (including phenoxy) is 2. The highest BCUT2D eigenvalue weighted by atomic mass is 16.5. The molecule has 0 aliphatic carbocycles. The molecule has 3 atom stereocenters. The normalized spacial score (nSPS) is 21.5. The van der Waals surface area contributed by atoms with Crippen LogP contribution in [0.1, 0.15) is 44.7 Å². The molecule has 1 fully saturated rings. The predicted octanol–water partition coefficient (Wildman–Crippen LogP) is 1.69. The van der Waals surface area contributed by atoms with Crippen LogP contribution >= 0.6 is 0 Å². The van der Waals surface area contributed by atoms with Gasteiger partial charge in [0.15, 0.2) is 0 Å². The Morgan fingerprint density at radius 3 is 2.58 bits per heavy atom. The molecular weight excluding hydrogens is 308 g/mol. The van der Waals surface area contributed by atoms with Crippen LogP contribution < -0.4 is 11.1 Å². The van der Waals surface area contributed by atoms with Crippen LogP contribution in [0.15, 0.2) is 30.3 Å². The molecule has 132 valence electrons. The van der Waals surface area contributed by atoms with Crippen molar-refractivity contribution >= 4 is 11.9 Å².